The van der Waals surface area contributed by atoms with Crippen LogP contribution in [0.2, 0.25) is 0 Å². The van der Waals surface area contributed by atoms with E-state index in [1.165, 1.54) is 4.31 Å². The molecule has 0 spiro atoms. The topological polar surface area (TPSA) is 82.2 Å². The Bertz CT molecular complexity index is 871. The molecular formula is C17H27N5O3S. The smallest absolute Gasteiger partial charge is 0.246 e. The van der Waals surface area contributed by atoms with Crippen molar-refractivity contribution in [3.63, 3.8) is 0 Å². The molecule has 0 saturated carbocycles. The lowest BCUT2D eigenvalue weighted by Crippen LogP contribution is -2.42. The fraction of sp³-hybridized carbons (Fsp3) is 0.647. The van der Waals surface area contributed by atoms with E-state index in [2.05, 4.69) is 10.2 Å². The summed E-state index contributed by atoms with van der Waals surface area (Å²) in [6, 6.07) is 0. The van der Waals surface area contributed by atoms with Crippen LogP contribution in [-0.2, 0) is 41.2 Å². The molecule has 3 heterocycles. The molecule has 0 aliphatic carbocycles. The van der Waals surface area contributed by atoms with Gasteiger partial charge in [0.1, 0.15) is 4.90 Å². The molecule has 9 heteroatoms. The summed E-state index contributed by atoms with van der Waals surface area (Å²) in [5.74, 6) is 0. The lowest BCUT2D eigenvalue weighted by Gasteiger charge is -2.32. The van der Waals surface area contributed by atoms with E-state index in [9.17, 15) is 8.42 Å². The number of sulfonamides is 1. The van der Waals surface area contributed by atoms with Gasteiger partial charge in [0, 0.05) is 38.4 Å². The van der Waals surface area contributed by atoms with Crippen molar-refractivity contribution in [2.24, 2.45) is 7.05 Å². The number of ether oxygens (including phenoxy) is 1. The molecule has 8 nitrogen and oxygen atoms in total. The van der Waals surface area contributed by atoms with Crippen molar-refractivity contribution < 1.29 is 13.2 Å². The van der Waals surface area contributed by atoms with Gasteiger partial charge in [0.05, 0.1) is 30.3 Å². The van der Waals surface area contributed by atoms with Gasteiger partial charge in [-0.05, 0) is 19.8 Å². The molecule has 1 atom stereocenters. The maximum absolute atomic E-state index is 13.4. The van der Waals surface area contributed by atoms with E-state index in [4.69, 9.17) is 4.74 Å². The second-order valence-corrected chi connectivity index (χ2v) is 8.28. The molecule has 2 aromatic heterocycles. The third kappa shape index (κ3) is 3.30. The average Bonchev–Trinajstić information content (AvgIpc) is 3.25. The van der Waals surface area contributed by atoms with Crippen molar-refractivity contribution in [3.8, 4) is 0 Å². The van der Waals surface area contributed by atoms with Crippen molar-refractivity contribution in [1.82, 2.24) is 23.9 Å². The summed E-state index contributed by atoms with van der Waals surface area (Å²) in [5.41, 5.74) is 2.29. The molecule has 0 aromatic carbocycles. The number of morpholine rings is 1. The third-order valence-electron chi connectivity index (χ3n) is 4.83. The largest absolute Gasteiger partial charge is 0.371 e. The molecule has 1 saturated heterocycles. The first-order chi connectivity index (χ1) is 12.4. The first-order valence-corrected chi connectivity index (χ1v) is 10.5. The maximum Gasteiger partial charge on any atom is 0.246 e. The standard InChI is InChI=1S/C17H27N5O3S/c1-5-14-17(15(6-2)20(4)19-14)26(23,24)22-8-9-25-16(12-22)13-10-18-21(7-3)11-13/h10-11,16H,5-9,12H2,1-4H3/t16-/m0/s1. The Hall–Kier alpha value is -1.71. The van der Waals surface area contributed by atoms with Crippen LogP contribution in [0.15, 0.2) is 17.3 Å². The highest BCUT2D eigenvalue weighted by molar-refractivity contribution is 7.89. The molecule has 144 valence electrons. The van der Waals surface area contributed by atoms with E-state index in [0.717, 1.165) is 17.8 Å². The fourth-order valence-corrected chi connectivity index (χ4v) is 5.37. The van der Waals surface area contributed by atoms with E-state index < -0.39 is 10.0 Å². The average molecular weight is 382 g/mol. The van der Waals surface area contributed by atoms with Crippen LogP contribution >= 0.6 is 0 Å². The maximum atomic E-state index is 13.4. The predicted octanol–water partition coefficient (Wildman–Crippen LogP) is 1.52. The first-order valence-electron chi connectivity index (χ1n) is 9.11. The third-order valence-corrected chi connectivity index (χ3v) is 6.83. The van der Waals surface area contributed by atoms with Crippen LogP contribution in [0.1, 0.15) is 43.8 Å². The van der Waals surface area contributed by atoms with Gasteiger partial charge in [-0.25, -0.2) is 8.42 Å². The van der Waals surface area contributed by atoms with Gasteiger partial charge in [0.15, 0.2) is 0 Å². The summed E-state index contributed by atoms with van der Waals surface area (Å²) >= 11 is 0. The molecule has 0 bridgehead atoms. The normalized spacial score (nSPS) is 19.2. The molecule has 3 rings (SSSR count). The van der Waals surface area contributed by atoms with Gasteiger partial charge in [0.2, 0.25) is 10.0 Å². The van der Waals surface area contributed by atoms with Gasteiger partial charge in [-0.3, -0.25) is 9.36 Å². The van der Waals surface area contributed by atoms with Crippen molar-refractivity contribution in [1.29, 1.82) is 0 Å². The van der Waals surface area contributed by atoms with E-state index >= 15 is 0 Å². The summed E-state index contributed by atoms with van der Waals surface area (Å²) in [4.78, 5) is 0.370. The number of rotatable bonds is 6. The predicted molar refractivity (Wildman–Crippen MR) is 97.3 cm³/mol. The number of aryl methyl sites for hydroxylation is 3. The summed E-state index contributed by atoms with van der Waals surface area (Å²) in [6.45, 7) is 7.67. The molecule has 26 heavy (non-hydrogen) atoms. The SMILES string of the molecule is CCc1nn(C)c(CC)c1S(=O)(=O)N1CCO[C@H](c2cnn(CC)c2)C1. The number of hydrogen-bond donors (Lipinski definition) is 0. The van der Waals surface area contributed by atoms with Crippen LogP contribution in [0.4, 0.5) is 0 Å². The lowest BCUT2D eigenvalue weighted by molar-refractivity contribution is -0.00263. The van der Waals surface area contributed by atoms with Gasteiger partial charge >= 0.3 is 0 Å². The van der Waals surface area contributed by atoms with Crippen molar-refractivity contribution >= 4 is 10.0 Å². The van der Waals surface area contributed by atoms with Gasteiger partial charge < -0.3 is 4.74 Å². The minimum absolute atomic E-state index is 0.291. The van der Waals surface area contributed by atoms with E-state index in [-0.39, 0.29) is 6.10 Å². The zero-order chi connectivity index (χ0) is 18.9. The Labute approximate surface area is 154 Å². The number of nitrogens with zero attached hydrogens (tertiary/aromatic N) is 5. The van der Waals surface area contributed by atoms with Crippen LogP contribution in [0.25, 0.3) is 0 Å². The van der Waals surface area contributed by atoms with Gasteiger partial charge in [-0.2, -0.15) is 14.5 Å². The molecular weight excluding hydrogens is 354 g/mol. The van der Waals surface area contributed by atoms with Crippen LogP contribution in [0.5, 0.6) is 0 Å². The molecule has 0 N–H and O–H groups in total. The number of hydrogen-bond acceptors (Lipinski definition) is 5. The molecule has 1 fully saturated rings. The van der Waals surface area contributed by atoms with E-state index in [1.54, 1.807) is 17.9 Å². The monoisotopic (exact) mass is 381 g/mol. The van der Waals surface area contributed by atoms with Crippen LogP contribution < -0.4 is 0 Å². The van der Waals surface area contributed by atoms with Crippen molar-refractivity contribution in [3.05, 3.63) is 29.3 Å². The zero-order valence-electron chi connectivity index (χ0n) is 15.8. The molecule has 0 unspecified atom stereocenters. The minimum Gasteiger partial charge on any atom is -0.371 e. The highest BCUT2D eigenvalue weighted by Crippen LogP contribution is 2.30. The van der Waals surface area contributed by atoms with Crippen molar-refractivity contribution in [2.75, 3.05) is 19.7 Å². The summed E-state index contributed by atoms with van der Waals surface area (Å²) in [7, 11) is -1.82. The van der Waals surface area contributed by atoms with Gasteiger partial charge in [-0.15, -0.1) is 0 Å². The van der Waals surface area contributed by atoms with Gasteiger partial charge in [-0.1, -0.05) is 13.8 Å². The summed E-state index contributed by atoms with van der Waals surface area (Å²) < 4.78 is 37.6. The Morgan fingerprint density at radius 2 is 2.04 bits per heavy atom. The second kappa shape index (κ2) is 7.50. The number of aromatic nitrogens is 4. The van der Waals surface area contributed by atoms with Crippen LogP contribution in [0, 0.1) is 0 Å². The molecule has 0 amide bonds. The van der Waals surface area contributed by atoms with Crippen molar-refractivity contribution in [2.45, 2.75) is 51.2 Å². The highest BCUT2D eigenvalue weighted by Gasteiger charge is 2.36. The quantitative estimate of drug-likeness (QED) is 0.758. The summed E-state index contributed by atoms with van der Waals surface area (Å²) in [5, 5.41) is 8.69. The van der Waals surface area contributed by atoms with E-state index in [1.807, 2.05) is 31.6 Å². The molecule has 1 aliphatic rings. The second-order valence-electron chi connectivity index (χ2n) is 6.41. The fourth-order valence-electron chi connectivity index (χ4n) is 3.41. The Balaban J connectivity index is 1.92. The van der Waals surface area contributed by atoms with Gasteiger partial charge in [0.25, 0.3) is 0 Å². The molecule has 0 radical (unpaired) electrons. The lowest BCUT2D eigenvalue weighted by atomic mass is 10.2. The first kappa shape index (κ1) is 19.1. The summed E-state index contributed by atoms with van der Waals surface area (Å²) in [6.07, 6.45) is 4.57. The molecule has 1 aliphatic heterocycles. The van der Waals surface area contributed by atoms with E-state index in [0.29, 0.717) is 43.1 Å². The Kier molecular flexibility index (Phi) is 5.50. The Morgan fingerprint density at radius 3 is 2.65 bits per heavy atom. The van der Waals surface area contributed by atoms with Crippen LogP contribution in [-0.4, -0.2) is 52.0 Å². The Morgan fingerprint density at radius 1 is 1.27 bits per heavy atom. The van der Waals surface area contributed by atoms with Crippen LogP contribution in [0.3, 0.4) is 0 Å². The minimum atomic E-state index is -3.62. The highest BCUT2D eigenvalue weighted by atomic mass is 32.2. The zero-order valence-corrected chi connectivity index (χ0v) is 16.7. The molecule has 2 aromatic rings.